The van der Waals surface area contributed by atoms with Crippen molar-refractivity contribution >= 4 is 28.9 Å². The maximum Gasteiger partial charge on any atom is 0.153 e. The Morgan fingerprint density at radius 3 is 2.71 bits per heavy atom. The third kappa shape index (κ3) is 3.03. The largest absolute Gasteiger partial charge is 0.457 e. The number of carbonyl (C=O) groups is 1. The molecule has 2 nitrogen and oxygen atoms in total. The molecule has 0 amide bonds. The summed E-state index contributed by atoms with van der Waals surface area (Å²) in [7, 11) is 0. The van der Waals surface area contributed by atoms with Crippen molar-refractivity contribution in [1.82, 2.24) is 0 Å². The zero-order valence-corrected chi connectivity index (χ0v) is 10.8. The van der Waals surface area contributed by atoms with Crippen molar-refractivity contribution in [3.05, 3.63) is 57.4 Å². The first-order valence-electron chi connectivity index (χ1n) is 4.87. The van der Waals surface area contributed by atoms with Crippen LogP contribution in [0.15, 0.2) is 42.5 Å². The molecule has 0 aromatic heterocycles. The summed E-state index contributed by atoms with van der Waals surface area (Å²) in [5.74, 6) is 0.511. The molecule has 0 spiro atoms. The summed E-state index contributed by atoms with van der Waals surface area (Å²) in [5, 5.41) is 0. The quantitative estimate of drug-likeness (QED) is 0.622. The second-order valence-electron chi connectivity index (χ2n) is 3.36. The Morgan fingerprint density at radius 1 is 1.18 bits per heavy atom. The third-order valence-electron chi connectivity index (χ3n) is 2.12. The zero-order valence-electron chi connectivity index (χ0n) is 8.69. The van der Waals surface area contributed by atoms with E-state index in [-0.39, 0.29) is 5.56 Å². The van der Waals surface area contributed by atoms with Crippen LogP contribution in [0.4, 0.5) is 4.39 Å². The van der Waals surface area contributed by atoms with Crippen LogP contribution in [0.1, 0.15) is 10.4 Å². The fourth-order valence-electron chi connectivity index (χ4n) is 1.36. The van der Waals surface area contributed by atoms with Gasteiger partial charge in [0, 0.05) is 3.57 Å². The Kier molecular flexibility index (Phi) is 3.73. The van der Waals surface area contributed by atoms with Gasteiger partial charge in [0.25, 0.3) is 0 Å². The van der Waals surface area contributed by atoms with Gasteiger partial charge in [-0.2, -0.15) is 0 Å². The molecule has 0 aliphatic heterocycles. The number of hydrogen-bond acceptors (Lipinski definition) is 2. The summed E-state index contributed by atoms with van der Waals surface area (Å²) in [6.07, 6.45) is 0.576. The van der Waals surface area contributed by atoms with Gasteiger partial charge in [-0.05, 0) is 59.0 Å². The third-order valence-corrected chi connectivity index (χ3v) is 2.79. The number of aldehydes is 1. The summed E-state index contributed by atoms with van der Waals surface area (Å²) in [4.78, 5) is 10.8. The fourth-order valence-corrected chi connectivity index (χ4v) is 1.88. The van der Waals surface area contributed by atoms with Crippen molar-refractivity contribution in [2.24, 2.45) is 0 Å². The van der Waals surface area contributed by atoms with Crippen molar-refractivity contribution in [1.29, 1.82) is 0 Å². The first kappa shape index (κ1) is 12.0. The molecule has 4 heteroatoms. The van der Waals surface area contributed by atoms with Gasteiger partial charge in [-0.25, -0.2) is 4.39 Å². The number of rotatable bonds is 3. The molecule has 0 aliphatic rings. The minimum atomic E-state index is -0.456. The monoisotopic (exact) mass is 342 g/mol. The van der Waals surface area contributed by atoms with E-state index < -0.39 is 5.82 Å². The first-order chi connectivity index (χ1) is 8.19. The highest BCUT2D eigenvalue weighted by Gasteiger charge is 2.06. The predicted octanol–water partition coefficient (Wildman–Crippen LogP) is 4.04. The van der Waals surface area contributed by atoms with E-state index in [4.69, 9.17) is 4.74 Å². The highest BCUT2D eigenvalue weighted by atomic mass is 127. The van der Waals surface area contributed by atoms with Gasteiger partial charge in [-0.1, -0.05) is 6.07 Å². The number of benzene rings is 2. The lowest BCUT2D eigenvalue weighted by Crippen LogP contribution is -1.91. The second kappa shape index (κ2) is 5.27. The molecular weight excluding hydrogens is 334 g/mol. The molecule has 17 heavy (non-hydrogen) atoms. The van der Waals surface area contributed by atoms with Crippen LogP contribution >= 0.6 is 22.6 Å². The zero-order chi connectivity index (χ0) is 12.3. The van der Waals surface area contributed by atoms with Crippen LogP contribution in [0.3, 0.4) is 0 Å². The minimum absolute atomic E-state index is 0.198. The van der Waals surface area contributed by atoms with Crippen LogP contribution in [-0.4, -0.2) is 6.29 Å². The van der Waals surface area contributed by atoms with E-state index in [1.807, 2.05) is 18.2 Å². The molecule has 0 unspecified atom stereocenters. The summed E-state index contributed by atoms with van der Waals surface area (Å²) in [6, 6.07) is 11.2. The van der Waals surface area contributed by atoms with E-state index in [0.29, 0.717) is 17.8 Å². The van der Waals surface area contributed by atoms with Crippen molar-refractivity contribution in [3.8, 4) is 11.5 Å². The maximum absolute atomic E-state index is 12.9. The molecule has 0 heterocycles. The lowest BCUT2D eigenvalue weighted by molar-refractivity contribution is 0.112. The summed E-state index contributed by atoms with van der Waals surface area (Å²) in [5.41, 5.74) is 0.198. The molecule has 0 radical (unpaired) electrons. The normalized spacial score (nSPS) is 10.0. The van der Waals surface area contributed by atoms with Crippen molar-refractivity contribution in [3.63, 3.8) is 0 Å². The van der Waals surface area contributed by atoms with Gasteiger partial charge in [0.05, 0.1) is 5.56 Å². The Hall–Kier alpha value is -1.43. The maximum atomic E-state index is 12.9. The number of ether oxygens (including phenoxy) is 1. The fraction of sp³-hybridized carbons (Fsp3) is 0. The van der Waals surface area contributed by atoms with Gasteiger partial charge in [-0.15, -0.1) is 0 Å². The van der Waals surface area contributed by atoms with Crippen LogP contribution < -0.4 is 4.74 Å². The molecule has 86 valence electrons. The van der Waals surface area contributed by atoms with Gasteiger partial charge in [-0.3, -0.25) is 4.79 Å². The molecule has 0 saturated heterocycles. The highest BCUT2D eigenvalue weighted by molar-refractivity contribution is 14.1. The van der Waals surface area contributed by atoms with Gasteiger partial charge < -0.3 is 4.74 Å². The van der Waals surface area contributed by atoms with Crippen LogP contribution in [0, 0.1) is 9.39 Å². The molecule has 2 rings (SSSR count). The molecule has 0 bridgehead atoms. The van der Waals surface area contributed by atoms with E-state index in [1.165, 1.54) is 12.1 Å². The smallest absolute Gasteiger partial charge is 0.153 e. The number of hydrogen-bond donors (Lipinski definition) is 0. The summed E-state index contributed by atoms with van der Waals surface area (Å²) in [6.45, 7) is 0. The average molecular weight is 342 g/mol. The molecule has 0 saturated carbocycles. The minimum Gasteiger partial charge on any atom is -0.457 e. The van der Waals surface area contributed by atoms with E-state index in [0.717, 1.165) is 9.64 Å². The summed E-state index contributed by atoms with van der Waals surface area (Å²) >= 11 is 2.16. The van der Waals surface area contributed by atoms with E-state index in [9.17, 15) is 9.18 Å². The predicted molar refractivity (Wildman–Crippen MR) is 71.0 cm³/mol. The van der Waals surface area contributed by atoms with Crippen LogP contribution in [0.25, 0.3) is 0 Å². The molecular formula is C13H8FIO2. The van der Waals surface area contributed by atoms with E-state index in [2.05, 4.69) is 22.6 Å². The number of carbonyl (C=O) groups excluding carboxylic acids is 1. The highest BCUT2D eigenvalue weighted by Crippen LogP contribution is 2.26. The number of halogens is 2. The molecule has 2 aromatic rings. The van der Waals surface area contributed by atoms with Crippen LogP contribution in [0.2, 0.25) is 0 Å². The molecule has 0 atom stereocenters. The van der Waals surface area contributed by atoms with Gasteiger partial charge in [0.1, 0.15) is 17.3 Å². The molecule has 0 fully saturated rings. The van der Waals surface area contributed by atoms with Gasteiger partial charge in [0.15, 0.2) is 6.29 Å². The first-order valence-corrected chi connectivity index (χ1v) is 5.95. The van der Waals surface area contributed by atoms with Crippen LogP contribution in [0.5, 0.6) is 11.5 Å². The Morgan fingerprint density at radius 2 is 2.00 bits per heavy atom. The van der Waals surface area contributed by atoms with Gasteiger partial charge in [0.2, 0.25) is 0 Å². The molecule has 2 aromatic carbocycles. The molecule has 0 aliphatic carbocycles. The van der Waals surface area contributed by atoms with Crippen molar-refractivity contribution in [2.45, 2.75) is 0 Å². The topological polar surface area (TPSA) is 26.3 Å². The Labute approximate surface area is 112 Å². The lowest BCUT2D eigenvalue weighted by Gasteiger charge is -2.08. The van der Waals surface area contributed by atoms with Gasteiger partial charge >= 0.3 is 0 Å². The lowest BCUT2D eigenvalue weighted by atomic mass is 10.2. The Bertz CT molecular complexity index is 555. The van der Waals surface area contributed by atoms with Crippen molar-refractivity contribution in [2.75, 3.05) is 0 Å². The Balaban J connectivity index is 2.32. The summed E-state index contributed by atoms with van der Waals surface area (Å²) < 4.78 is 19.5. The second-order valence-corrected chi connectivity index (χ2v) is 4.61. The van der Waals surface area contributed by atoms with Crippen molar-refractivity contribution < 1.29 is 13.9 Å². The van der Waals surface area contributed by atoms with E-state index in [1.54, 1.807) is 6.07 Å². The average Bonchev–Trinajstić information content (AvgIpc) is 2.31. The SMILES string of the molecule is O=Cc1cc(F)ccc1Oc1cccc(I)c1. The standard InChI is InChI=1S/C13H8FIO2/c14-10-4-5-13(9(6-10)8-16)17-12-3-1-2-11(15)7-12/h1-8H. The van der Waals surface area contributed by atoms with Crippen LogP contribution in [-0.2, 0) is 0 Å². The van der Waals surface area contributed by atoms with E-state index >= 15 is 0 Å². The molecule has 0 N–H and O–H groups in total.